The van der Waals surface area contributed by atoms with Crippen molar-refractivity contribution >= 4 is 6.09 Å². The van der Waals surface area contributed by atoms with Gasteiger partial charge in [0.2, 0.25) is 0 Å². The molecule has 1 amide bonds. The molecule has 23 heavy (non-hydrogen) atoms. The first-order valence-electron chi connectivity index (χ1n) is 8.59. The molecule has 0 saturated carbocycles. The van der Waals surface area contributed by atoms with Crippen LogP contribution in [0.2, 0.25) is 0 Å². The molecule has 2 aliphatic heterocycles. The fourth-order valence-electron chi connectivity index (χ4n) is 3.66. The zero-order valence-electron chi connectivity index (χ0n) is 14.3. The van der Waals surface area contributed by atoms with E-state index in [1.165, 1.54) is 5.56 Å². The number of carbonyl (C=O) groups excluding carboxylic acids is 1. The van der Waals surface area contributed by atoms with Gasteiger partial charge in [0.25, 0.3) is 0 Å². The third kappa shape index (κ3) is 4.05. The first-order chi connectivity index (χ1) is 10.9. The molecule has 2 heterocycles. The third-order valence-electron chi connectivity index (χ3n) is 4.62. The molecule has 0 aliphatic carbocycles. The number of rotatable bonds is 3. The number of amides is 1. The molecule has 0 N–H and O–H groups in total. The van der Waals surface area contributed by atoms with E-state index in [2.05, 4.69) is 12.1 Å². The number of hydrogen-bond acceptors (Lipinski definition) is 3. The lowest BCUT2D eigenvalue weighted by Gasteiger charge is -2.39. The van der Waals surface area contributed by atoms with Crippen LogP contribution in [0.4, 0.5) is 4.79 Å². The molecule has 2 fully saturated rings. The second kappa shape index (κ2) is 6.52. The van der Waals surface area contributed by atoms with Crippen molar-refractivity contribution in [2.75, 3.05) is 0 Å². The van der Waals surface area contributed by atoms with E-state index in [4.69, 9.17) is 9.47 Å². The summed E-state index contributed by atoms with van der Waals surface area (Å²) in [4.78, 5) is 14.4. The highest BCUT2D eigenvalue weighted by Crippen LogP contribution is 2.38. The van der Waals surface area contributed by atoms with E-state index in [9.17, 15) is 4.79 Å². The minimum Gasteiger partial charge on any atom is -0.444 e. The maximum absolute atomic E-state index is 12.4. The van der Waals surface area contributed by atoms with Gasteiger partial charge in [-0.15, -0.1) is 0 Å². The molecule has 3 rings (SSSR count). The second-order valence-corrected chi connectivity index (χ2v) is 7.66. The van der Waals surface area contributed by atoms with Crippen molar-refractivity contribution < 1.29 is 14.3 Å². The van der Waals surface area contributed by atoms with Gasteiger partial charge in [-0.3, -0.25) is 0 Å². The van der Waals surface area contributed by atoms with Crippen LogP contribution in [0.15, 0.2) is 30.3 Å². The van der Waals surface area contributed by atoms with E-state index >= 15 is 0 Å². The normalized spacial score (nSPS) is 27.1. The summed E-state index contributed by atoms with van der Waals surface area (Å²) in [6, 6.07) is 10.8. The second-order valence-electron chi connectivity index (χ2n) is 7.66. The molecule has 126 valence electrons. The van der Waals surface area contributed by atoms with Crippen LogP contribution >= 0.6 is 0 Å². The predicted octanol–water partition coefficient (Wildman–Crippen LogP) is 4.13. The summed E-state index contributed by atoms with van der Waals surface area (Å²) in [6.45, 7) is 6.41. The highest BCUT2D eigenvalue weighted by atomic mass is 16.6. The van der Waals surface area contributed by atoms with Gasteiger partial charge in [-0.25, -0.2) is 4.79 Å². The standard InChI is InChI=1S/C19H27NO3/c1-19(2,3)23-18(21)20-15-9-10-16(20)12-17(11-15)22-13-14-7-5-4-6-8-14/h4-8,15-17H,9-13H2,1-3H3/t15-,16+,17?. The molecular formula is C19H27NO3. The third-order valence-corrected chi connectivity index (χ3v) is 4.62. The largest absolute Gasteiger partial charge is 0.444 e. The molecule has 4 nitrogen and oxygen atoms in total. The van der Waals surface area contributed by atoms with Crippen LogP contribution in [0.3, 0.4) is 0 Å². The van der Waals surface area contributed by atoms with Gasteiger partial charge in [0.1, 0.15) is 5.60 Å². The number of carbonyl (C=O) groups is 1. The Hall–Kier alpha value is -1.55. The molecule has 4 heteroatoms. The fraction of sp³-hybridized carbons (Fsp3) is 0.632. The summed E-state index contributed by atoms with van der Waals surface area (Å²) < 4.78 is 11.7. The van der Waals surface area contributed by atoms with E-state index < -0.39 is 5.60 Å². The molecule has 2 bridgehead atoms. The highest BCUT2D eigenvalue weighted by Gasteiger charge is 2.45. The topological polar surface area (TPSA) is 38.8 Å². The maximum atomic E-state index is 12.4. The van der Waals surface area contributed by atoms with Gasteiger partial charge in [-0.05, 0) is 52.0 Å². The van der Waals surface area contributed by atoms with Crippen molar-refractivity contribution in [1.82, 2.24) is 4.90 Å². The smallest absolute Gasteiger partial charge is 0.410 e. The van der Waals surface area contributed by atoms with Crippen molar-refractivity contribution in [3.63, 3.8) is 0 Å². The van der Waals surface area contributed by atoms with Crippen molar-refractivity contribution in [2.45, 2.75) is 76.9 Å². The van der Waals surface area contributed by atoms with Gasteiger partial charge >= 0.3 is 6.09 Å². The van der Waals surface area contributed by atoms with Crippen LogP contribution in [0.1, 0.15) is 52.0 Å². The van der Waals surface area contributed by atoms with Crippen molar-refractivity contribution in [1.29, 1.82) is 0 Å². The van der Waals surface area contributed by atoms with Crippen molar-refractivity contribution in [2.24, 2.45) is 0 Å². The SMILES string of the molecule is CC(C)(C)OC(=O)N1[C@@H]2CC[C@H]1CC(OCc1ccccc1)C2. The summed E-state index contributed by atoms with van der Waals surface area (Å²) in [5.41, 5.74) is 0.770. The number of fused-ring (bicyclic) bond motifs is 2. The van der Waals surface area contributed by atoms with E-state index in [1.54, 1.807) is 0 Å². The number of nitrogens with zero attached hydrogens (tertiary/aromatic N) is 1. The number of piperidine rings is 1. The molecule has 0 aromatic heterocycles. The zero-order chi connectivity index (χ0) is 16.4. The molecule has 3 atom stereocenters. The maximum Gasteiger partial charge on any atom is 0.410 e. The summed E-state index contributed by atoms with van der Waals surface area (Å²) in [6.07, 6.45) is 4.05. The van der Waals surface area contributed by atoms with Crippen LogP contribution < -0.4 is 0 Å². The van der Waals surface area contributed by atoms with Gasteiger partial charge in [-0.2, -0.15) is 0 Å². The van der Waals surface area contributed by atoms with Crippen LogP contribution in [0, 0.1) is 0 Å². The highest BCUT2D eigenvalue weighted by molar-refractivity contribution is 5.69. The summed E-state index contributed by atoms with van der Waals surface area (Å²) >= 11 is 0. The van der Waals surface area contributed by atoms with Gasteiger partial charge in [0.15, 0.2) is 0 Å². The fourth-order valence-corrected chi connectivity index (χ4v) is 3.66. The molecule has 2 saturated heterocycles. The van der Waals surface area contributed by atoms with Gasteiger partial charge in [0.05, 0.1) is 12.7 Å². The number of hydrogen-bond donors (Lipinski definition) is 0. The van der Waals surface area contributed by atoms with E-state index in [-0.39, 0.29) is 24.3 Å². The zero-order valence-corrected chi connectivity index (χ0v) is 14.3. The first-order valence-corrected chi connectivity index (χ1v) is 8.59. The Bertz CT molecular complexity index is 523. The van der Waals surface area contributed by atoms with Crippen LogP contribution in [-0.2, 0) is 16.1 Å². The van der Waals surface area contributed by atoms with E-state index in [0.717, 1.165) is 25.7 Å². The molecule has 1 aromatic carbocycles. The van der Waals surface area contributed by atoms with Crippen molar-refractivity contribution in [3.05, 3.63) is 35.9 Å². The minimum atomic E-state index is -0.433. The Morgan fingerprint density at radius 2 is 1.74 bits per heavy atom. The molecule has 0 spiro atoms. The summed E-state index contributed by atoms with van der Waals surface area (Å²) in [5, 5.41) is 0. The van der Waals surface area contributed by atoms with Gasteiger partial charge < -0.3 is 14.4 Å². The Balaban J connectivity index is 1.55. The Kier molecular flexibility index (Phi) is 4.62. The lowest BCUT2D eigenvalue weighted by Crippen LogP contribution is -2.50. The Morgan fingerprint density at radius 3 is 2.30 bits per heavy atom. The van der Waals surface area contributed by atoms with Gasteiger partial charge in [-0.1, -0.05) is 30.3 Å². The molecule has 0 radical (unpaired) electrons. The van der Waals surface area contributed by atoms with E-state index in [0.29, 0.717) is 6.61 Å². The number of ether oxygens (including phenoxy) is 2. The van der Waals surface area contributed by atoms with Crippen LogP contribution in [0.5, 0.6) is 0 Å². The predicted molar refractivity (Wildman–Crippen MR) is 89.1 cm³/mol. The average Bonchev–Trinajstić information content (AvgIpc) is 2.76. The molecule has 2 aliphatic rings. The van der Waals surface area contributed by atoms with Crippen LogP contribution in [-0.4, -0.2) is 34.8 Å². The monoisotopic (exact) mass is 317 g/mol. The molecule has 1 unspecified atom stereocenters. The lowest BCUT2D eigenvalue weighted by atomic mass is 10.00. The minimum absolute atomic E-state index is 0.161. The summed E-state index contributed by atoms with van der Waals surface area (Å²) in [5.74, 6) is 0. The lowest BCUT2D eigenvalue weighted by molar-refractivity contribution is -0.0396. The van der Waals surface area contributed by atoms with Gasteiger partial charge in [0, 0.05) is 12.1 Å². The van der Waals surface area contributed by atoms with Crippen LogP contribution in [0.25, 0.3) is 0 Å². The molecular weight excluding hydrogens is 290 g/mol. The quantitative estimate of drug-likeness (QED) is 0.841. The van der Waals surface area contributed by atoms with Crippen molar-refractivity contribution in [3.8, 4) is 0 Å². The molecule has 1 aromatic rings. The Labute approximate surface area is 138 Å². The summed E-state index contributed by atoms with van der Waals surface area (Å²) in [7, 11) is 0. The van der Waals surface area contributed by atoms with E-state index in [1.807, 2.05) is 43.9 Å². The number of benzene rings is 1. The first kappa shape index (κ1) is 16.3. The Morgan fingerprint density at radius 1 is 1.13 bits per heavy atom. The average molecular weight is 317 g/mol.